The third-order valence-electron chi connectivity index (χ3n) is 11.2. The van der Waals surface area contributed by atoms with E-state index in [0.29, 0.717) is 0 Å². The molecule has 1 aromatic heterocycles. The SMILES string of the molecule is c1ccc(Nc2ccc(-c3ccc4c(c3)c3ccccc3n4-c3ccc4c(c3)C3(c5ccccc5-c5ccccc53)c3ccccc3-4)cc2)cc1. The Bertz CT molecular complexity index is 2760. The normalized spacial score (nSPS) is 13.3. The molecular weight excluding hydrogens is 617 g/mol. The smallest absolute Gasteiger partial charge is 0.0726 e. The van der Waals surface area contributed by atoms with Crippen molar-refractivity contribution < 1.29 is 0 Å². The molecule has 0 saturated heterocycles. The molecule has 238 valence electrons. The lowest BCUT2D eigenvalue weighted by Crippen LogP contribution is -2.26. The highest BCUT2D eigenvalue weighted by molar-refractivity contribution is 6.10. The van der Waals surface area contributed by atoms with Gasteiger partial charge in [0.25, 0.3) is 0 Å². The van der Waals surface area contributed by atoms with Crippen molar-refractivity contribution in [2.75, 3.05) is 5.32 Å². The number of nitrogens with one attached hydrogen (secondary N) is 1. The Morgan fingerprint density at radius 3 is 1.57 bits per heavy atom. The molecule has 2 aliphatic carbocycles. The first-order chi connectivity index (χ1) is 25.3. The van der Waals surface area contributed by atoms with Crippen molar-refractivity contribution in [2.45, 2.75) is 5.41 Å². The molecule has 0 fully saturated rings. The lowest BCUT2D eigenvalue weighted by molar-refractivity contribution is 0.792. The molecule has 1 spiro atoms. The fourth-order valence-electron chi connectivity index (χ4n) is 9.09. The van der Waals surface area contributed by atoms with E-state index in [4.69, 9.17) is 0 Å². The molecule has 0 aliphatic heterocycles. The second-order valence-electron chi connectivity index (χ2n) is 13.8. The summed E-state index contributed by atoms with van der Waals surface area (Å²) in [5.41, 5.74) is 18.5. The van der Waals surface area contributed by atoms with Crippen molar-refractivity contribution in [2.24, 2.45) is 0 Å². The number of hydrogen-bond donors (Lipinski definition) is 1. The molecule has 11 rings (SSSR count). The molecule has 0 radical (unpaired) electrons. The van der Waals surface area contributed by atoms with E-state index in [1.54, 1.807) is 0 Å². The van der Waals surface area contributed by atoms with Crippen LogP contribution in [0.5, 0.6) is 0 Å². The van der Waals surface area contributed by atoms with E-state index in [1.807, 2.05) is 6.07 Å². The first-order valence-electron chi connectivity index (χ1n) is 17.7. The molecule has 9 aromatic rings. The maximum absolute atomic E-state index is 3.51. The van der Waals surface area contributed by atoms with Crippen LogP contribution in [0, 0.1) is 0 Å². The summed E-state index contributed by atoms with van der Waals surface area (Å²) in [6.07, 6.45) is 0. The minimum atomic E-state index is -0.372. The number of aromatic nitrogens is 1. The first-order valence-corrected chi connectivity index (χ1v) is 17.7. The molecule has 51 heavy (non-hydrogen) atoms. The van der Waals surface area contributed by atoms with Gasteiger partial charge in [0.05, 0.1) is 16.4 Å². The fourth-order valence-corrected chi connectivity index (χ4v) is 9.09. The highest BCUT2D eigenvalue weighted by Crippen LogP contribution is 2.63. The summed E-state index contributed by atoms with van der Waals surface area (Å²) in [5, 5.41) is 6.02. The van der Waals surface area contributed by atoms with E-state index in [9.17, 15) is 0 Å². The van der Waals surface area contributed by atoms with Crippen LogP contribution in [0.2, 0.25) is 0 Å². The van der Waals surface area contributed by atoms with E-state index in [-0.39, 0.29) is 5.41 Å². The maximum atomic E-state index is 3.51. The maximum Gasteiger partial charge on any atom is 0.0726 e. The molecule has 0 atom stereocenters. The van der Waals surface area contributed by atoms with Gasteiger partial charge in [-0.2, -0.15) is 0 Å². The number of anilines is 2. The van der Waals surface area contributed by atoms with Gasteiger partial charge in [0.2, 0.25) is 0 Å². The van der Waals surface area contributed by atoms with Crippen molar-refractivity contribution in [3.8, 4) is 39.1 Å². The van der Waals surface area contributed by atoms with Crippen LogP contribution in [0.3, 0.4) is 0 Å². The number of fused-ring (bicyclic) bond motifs is 13. The molecule has 2 heteroatoms. The molecule has 0 unspecified atom stereocenters. The van der Waals surface area contributed by atoms with Crippen LogP contribution in [-0.4, -0.2) is 4.57 Å². The predicted octanol–water partition coefficient (Wildman–Crippen LogP) is 12.5. The van der Waals surface area contributed by atoms with Gasteiger partial charge in [-0.3, -0.25) is 0 Å². The number of nitrogens with zero attached hydrogens (tertiary/aromatic N) is 1. The van der Waals surface area contributed by atoms with Crippen LogP contribution in [0.4, 0.5) is 11.4 Å². The zero-order valence-electron chi connectivity index (χ0n) is 27.8. The summed E-state index contributed by atoms with van der Waals surface area (Å²) < 4.78 is 2.46. The molecule has 1 N–H and O–H groups in total. The Morgan fingerprint density at radius 2 is 0.882 bits per heavy atom. The molecule has 2 aliphatic rings. The van der Waals surface area contributed by atoms with Crippen molar-refractivity contribution in [1.82, 2.24) is 4.57 Å². The highest BCUT2D eigenvalue weighted by atomic mass is 15.0. The Morgan fingerprint density at radius 1 is 0.353 bits per heavy atom. The Balaban J connectivity index is 1.09. The van der Waals surface area contributed by atoms with E-state index in [2.05, 4.69) is 192 Å². The van der Waals surface area contributed by atoms with Gasteiger partial charge in [0.15, 0.2) is 0 Å². The van der Waals surface area contributed by atoms with Gasteiger partial charge in [0, 0.05) is 27.8 Å². The van der Waals surface area contributed by atoms with E-state index >= 15 is 0 Å². The topological polar surface area (TPSA) is 17.0 Å². The average Bonchev–Trinajstić information content (AvgIpc) is 3.80. The lowest BCUT2D eigenvalue weighted by Gasteiger charge is -2.30. The molecule has 0 amide bonds. The van der Waals surface area contributed by atoms with Gasteiger partial charge in [-0.15, -0.1) is 0 Å². The summed E-state index contributed by atoms with van der Waals surface area (Å²) in [6, 6.07) is 69.1. The van der Waals surface area contributed by atoms with Crippen molar-refractivity contribution in [3.63, 3.8) is 0 Å². The fraction of sp³-hybridized carbons (Fsp3) is 0.0204. The zero-order chi connectivity index (χ0) is 33.5. The monoisotopic (exact) mass is 648 g/mol. The zero-order valence-corrected chi connectivity index (χ0v) is 27.8. The average molecular weight is 649 g/mol. The van der Waals surface area contributed by atoms with Gasteiger partial charge in [-0.05, 0) is 110 Å². The van der Waals surface area contributed by atoms with Gasteiger partial charge < -0.3 is 9.88 Å². The van der Waals surface area contributed by atoms with Crippen LogP contribution in [0.1, 0.15) is 22.3 Å². The number of rotatable bonds is 4. The van der Waals surface area contributed by atoms with Crippen LogP contribution < -0.4 is 5.32 Å². The second-order valence-corrected chi connectivity index (χ2v) is 13.8. The highest BCUT2D eigenvalue weighted by Gasteiger charge is 2.51. The van der Waals surface area contributed by atoms with Crippen molar-refractivity contribution in [3.05, 3.63) is 210 Å². The molecule has 2 nitrogen and oxygen atoms in total. The quantitative estimate of drug-likeness (QED) is 0.201. The van der Waals surface area contributed by atoms with Gasteiger partial charge in [-0.1, -0.05) is 133 Å². The van der Waals surface area contributed by atoms with Crippen LogP contribution in [0.15, 0.2) is 188 Å². The van der Waals surface area contributed by atoms with E-state index in [1.165, 1.54) is 83.1 Å². The minimum absolute atomic E-state index is 0.372. The summed E-state index contributed by atoms with van der Waals surface area (Å²) in [6.45, 7) is 0. The largest absolute Gasteiger partial charge is 0.356 e. The third-order valence-corrected chi connectivity index (χ3v) is 11.2. The number of hydrogen-bond acceptors (Lipinski definition) is 1. The standard InChI is InChI=1S/C49H32N2/c1-2-12-34(13-3-1)50-35-25-22-32(23-26-35)33-24-29-48-42(30-33)41-17-7-11-21-47(41)51(48)36-27-28-40-39-16-6-10-20-45(39)49(46(40)31-36)43-18-8-4-14-37(43)38-15-5-9-19-44(38)49/h1-31,50H. The van der Waals surface area contributed by atoms with Gasteiger partial charge in [-0.25, -0.2) is 0 Å². The summed E-state index contributed by atoms with van der Waals surface area (Å²) in [5.74, 6) is 0. The molecular formula is C49H32N2. The van der Waals surface area contributed by atoms with Crippen LogP contribution in [0.25, 0.3) is 60.9 Å². The molecule has 0 bridgehead atoms. The molecule has 8 aromatic carbocycles. The third kappa shape index (κ3) is 3.93. The van der Waals surface area contributed by atoms with Gasteiger partial charge in [0.1, 0.15) is 0 Å². The van der Waals surface area contributed by atoms with E-state index < -0.39 is 0 Å². The number of para-hydroxylation sites is 2. The molecule has 0 saturated carbocycles. The summed E-state index contributed by atoms with van der Waals surface area (Å²) in [4.78, 5) is 0. The lowest BCUT2D eigenvalue weighted by atomic mass is 9.70. The number of benzene rings is 8. The predicted molar refractivity (Wildman–Crippen MR) is 212 cm³/mol. The Kier molecular flexibility index (Phi) is 5.91. The minimum Gasteiger partial charge on any atom is -0.356 e. The van der Waals surface area contributed by atoms with Crippen LogP contribution >= 0.6 is 0 Å². The summed E-state index contributed by atoms with van der Waals surface area (Å²) >= 11 is 0. The van der Waals surface area contributed by atoms with E-state index in [0.717, 1.165) is 11.4 Å². The first kappa shape index (κ1) is 28.2. The Labute approximate surface area is 296 Å². The second kappa shape index (κ2) is 10.7. The van der Waals surface area contributed by atoms with Gasteiger partial charge >= 0.3 is 0 Å². The summed E-state index contributed by atoms with van der Waals surface area (Å²) in [7, 11) is 0. The Hall–Kier alpha value is -6.64. The molecule has 1 heterocycles. The van der Waals surface area contributed by atoms with Crippen LogP contribution in [-0.2, 0) is 5.41 Å². The van der Waals surface area contributed by atoms with Crippen molar-refractivity contribution >= 4 is 33.2 Å². The van der Waals surface area contributed by atoms with Crippen molar-refractivity contribution in [1.29, 1.82) is 0 Å².